The molecule has 0 radical (unpaired) electrons. The lowest BCUT2D eigenvalue weighted by atomic mass is 9.97. The molecule has 0 saturated carbocycles. The third-order valence-corrected chi connectivity index (χ3v) is 6.27. The van der Waals surface area contributed by atoms with Gasteiger partial charge in [0.15, 0.2) is 6.61 Å². The number of ether oxygens (including phenoxy) is 1. The molecule has 2 aromatic heterocycles. The first-order valence-corrected chi connectivity index (χ1v) is 9.87. The number of carbonyl (C=O) groups is 2. The Morgan fingerprint density at radius 3 is 2.50 bits per heavy atom. The lowest BCUT2D eigenvalue weighted by Gasteiger charge is -2.38. The van der Waals surface area contributed by atoms with Crippen molar-refractivity contribution in [1.82, 2.24) is 9.88 Å². The van der Waals surface area contributed by atoms with Crippen LogP contribution in [0, 0.1) is 6.92 Å². The highest BCUT2D eigenvalue weighted by Crippen LogP contribution is 2.34. The van der Waals surface area contributed by atoms with Gasteiger partial charge < -0.3 is 9.64 Å². The molecule has 9 heteroatoms. The lowest BCUT2D eigenvalue weighted by molar-refractivity contribution is -0.141. The molecule has 3 rings (SSSR count). The number of aromatic nitrogens is 1. The number of likely N-dealkylation sites (tertiary alicyclic amines) is 1. The van der Waals surface area contributed by atoms with Crippen LogP contribution in [-0.2, 0) is 15.7 Å². The summed E-state index contributed by atoms with van der Waals surface area (Å²) in [5.74, 6) is -0.982. The molecule has 2 aromatic rings. The molecule has 1 aliphatic rings. The number of hydrogen-bond acceptors (Lipinski definition) is 5. The molecule has 0 aromatic carbocycles. The second-order valence-corrected chi connectivity index (χ2v) is 8.11. The smallest absolute Gasteiger partial charge is 0.433 e. The van der Waals surface area contributed by atoms with Crippen LogP contribution in [0.5, 0.6) is 0 Å². The van der Waals surface area contributed by atoms with Crippen LogP contribution in [0.1, 0.15) is 54.0 Å². The van der Waals surface area contributed by atoms with Crippen LogP contribution in [-0.4, -0.2) is 40.5 Å². The van der Waals surface area contributed by atoms with Crippen molar-refractivity contribution in [3.05, 3.63) is 28.3 Å². The highest BCUT2D eigenvalue weighted by Gasteiger charge is 2.33. The maximum atomic E-state index is 12.8. The van der Waals surface area contributed by atoms with Gasteiger partial charge >= 0.3 is 12.1 Å². The molecule has 0 N–H and O–H groups in total. The summed E-state index contributed by atoms with van der Waals surface area (Å²) in [7, 11) is 0. The van der Waals surface area contributed by atoms with Gasteiger partial charge in [0.25, 0.3) is 5.91 Å². The Morgan fingerprint density at radius 2 is 1.89 bits per heavy atom. The first kappa shape index (κ1) is 20.6. The summed E-state index contributed by atoms with van der Waals surface area (Å²) in [5, 5.41) is 0.467. The van der Waals surface area contributed by atoms with E-state index < -0.39 is 17.8 Å². The van der Waals surface area contributed by atoms with E-state index in [1.165, 1.54) is 6.07 Å². The minimum Gasteiger partial charge on any atom is -0.451 e. The molecule has 0 spiro atoms. The number of carbonyl (C=O) groups excluding carboxylic acids is 2. The lowest BCUT2D eigenvalue weighted by Crippen LogP contribution is -2.49. The fraction of sp³-hybridized carbons (Fsp3) is 0.526. The van der Waals surface area contributed by atoms with Gasteiger partial charge in [0.05, 0.1) is 0 Å². The van der Waals surface area contributed by atoms with Gasteiger partial charge in [-0.1, -0.05) is 0 Å². The number of hydrogen-bond donors (Lipinski definition) is 0. The molecule has 5 nitrogen and oxygen atoms in total. The molecule has 3 heterocycles. The molecule has 1 saturated heterocycles. The molecular weight excluding hydrogens is 393 g/mol. The Morgan fingerprint density at radius 1 is 1.25 bits per heavy atom. The SMILES string of the molecule is Cc1c(C(=O)OCC(=O)N2[C@H](C)CCC[C@@H]2C)sc2nc(C(F)(F)F)ccc12. The standard InChI is InChI=1S/C19H21F3N2O3S/c1-10-5-4-6-11(2)24(10)15(25)9-27-18(26)16-12(3)13-7-8-14(19(20,21)22)23-17(13)28-16/h7-8,10-11H,4-6,9H2,1-3H3/t10-,11+. The summed E-state index contributed by atoms with van der Waals surface area (Å²) in [4.78, 5) is 30.5. The number of aryl methyl sites for hydroxylation is 1. The van der Waals surface area contributed by atoms with E-state index in [0.29, 0.717) is 10.9 Å². The number of halogens is 3. The second-order valence-electron chi connectivity index (χ2n) is 7.11. The van der Waals surface area contributed by atoms with Gasteiger partial charge in [0.1, 0.15) is 15.4 Å². The fourth-order valence-corrected chi connectivity index (χ4v) is 4.71. The fourth-order valence-electron chi connectivity index (χ4n) is 3.63. The number of rotatable bonds is 3. The number of fused-ring (bicyclic) bond motifs is 1. The summed E-state index contributed by atoms with van der Waals surface area (Å²) in [5.41, 5.74) is -0.511. The average molecular weight is 414 g/mol. The van der Waals surface area contributed by atoms with Gasteiger partial charge in [-0.25, -0.2) is 9.78 Å². The van der Waals surface area contributed by atoms with Crippen LogP contribution in [0.4, 0.5) is 13.2 Å². The van der Waals surface area contributed by atoms with E-state index in [4.69, 9.17) is 4.74 Å². The first-order valence-electron chi connectivity index (χ1n) is 9.05. The molecule has 28 heavy (non-hydrogen) atoms. The van der Waals surface area contributed by atoms with Crippen LogP contribution in [0.2, 0.25) is 0 Å². The van der Waals surface area contributed by atoms with Crippen LogP contribution in [0.3, 0.4) is 0 Å². The minimum absolute atomic E-state index is 0.0889. The highest BCUT2D eigenvalue weighted by molar-refractivity contribution is 7.20. The Kier molecular flexibility index (Phi) is 5.65. The summed E-state index contributed by atoms with van der Waals surface area (Å²) in [6.07, 6.45) is -1.68. The summed E-state index contributed by atoms with van der Waals surface area (Å²) in [6, 6.07) is 2.37. The van der Waals surface area contributed by atoms with Gasteiger partial charge in [0.2, 0.25) is 0 Å². The van der Waals surface area contributed by atoms with Crippen molar-refractivity contribution >= 4 is 33.4 Å². The van der Waals surface area contributed by atoms with Gasteiger partial charge in [-0.15, -0.1) is 11.3 Å². The molecule has 0 bridgehead atoms. The van der Waals surface area contributed by atoms with Gasteiger partial charge in [-0.05, 0) is 57.7 Å². The van der Waals surface area contributed by atoms with Crippen molar-refractivity contribution in [2.24, 2.45) is 0 Å². The van der Waals surface area contributed by atoms with E-state index in [-0.39, 0.29) is 34.3 Å². The van der Waals surface area contributed by atoms with E-state index in [1.807, 2.05) is 13.8 Å². The van der Waals surface area contributed by atoms with Crippen molar-refractivity contribution in [1.29, 1.82) is 0 Å². The Balaban J connectivity index is 1.74. The van der Waals surface area contributed by atoms with Crippen molar-refractivity contribution in [3.63, 3.8) is 0 Å². The minimum atomic E-state index is -4.55. The summed E-state index contributed by atoms with van der Waals surface area (Å²) < 4.78 is 43.7. The van der Waals surface area contributed by atoms with Crippen molar-refractivity contribution in [2.75, 3.05) is 6.61 Å². The van der Waals surface area contributed by atoms with Crippen LogP contribution in [0.25, 0.3) is 10.2 Å². The molecule has 152 valence electrons. The Hall–Kier alpha value is -2.16. The number of nitrogens with zero attached hydrogens (tertiary/aromatic N) is 2. The number of amides is 1. The third-order valence-electron chi connectivity index (χ3n) is 5.09. The zero-order valence-corrected chi connectivity index (χ0v) is 16.6. The highest BCUT2D eigenvalue weighted by atomic mass is 32.1. The largest absolute Gasteiger partial charge is 0.451 e. The average Bonchev–Trinajstić information content (AvgIpc) is 2.95. The number of piperidine rings is 1. The number of alkyl halides is 3. The normalized spacial score (nSPS) is 20.4. The monoisotopic (exact) mass is 414 g/mol. The van der Waals surface area contributed by atoms with Gasteiger partial charge in [-0.3, -0.25) is 4.79 Å². The summed E-state index contributed by atoms with van der Waals surface area (Å²) >= 11 is 0.840. The molecule has 0 aliphatic carbocycles. The zero-order valence-electron chi connectivity index (χ0n) is 15.8. The van der Waals surface area contributed by atoms with E-state index in [0.717, 1.165) is 36.7 Å². The van der Waals surface area contributed by atoms with Gasteiger partial charge in [-0.2, -0.15) is 13.2 Å². The van der Waals surface area contributed by atoms with Crippen LogP contribution >= 0.6 is 11.3 Å². The van der Waals surface area contributed by atoms with Crippen LogP contribution < -0.4 is 0 Å². The van der Waals surface area contributed by atoms with Crippen molar-refractivity contribution in [3.8, 4) is 0 Å². The predicted molar refractivity (Wildman–Crippen MR) is 99.3 cm³/mol. The van der Waals surface area contributed by atoms with Crippen molar-refractivity contribution in [2.45, 2.75) is 58.3 Å². The first-order chi connectivity index (χ1) is 13.1. The van der Waals surface area contributed by atoms with E-state index in [1.54, 1.807) is 11.8 Å². The quantitative estimate of drug-likeness (QED) is 0.691. The maximum absolute atomic E-state index is 12.8. The maximum Gasteiger partial charge on any atom is 0.433 e. The predicted octanol–water partition coefficient (Wildman–Crippen LogP) is 4.57. The summed E-state index contributed by atoms with van der Waals surface area (Å²) in [6.45, 7) is 5.17. The van der Waals surface area contributed by atoms with Gasteiger partial charge in [0, 0.05) is 17.5 Å². The van der Waals surface area contributed by atoms with E-state index in [2.05, 4.69) is 4.98 Å². The van der Waals surface area contributed by atoms with Crippen molar-refractivity contribution < 1.29 is 27.5 Å². The van der Waals surface area contributed by atoms with Crippen LogP contribution in [0.15, 0.2) is 12.1 Å². The molecule has 1 fully saturated rings. The number of thiophene rings is 1. The molecule has 2 atom stereocenters. The Labute approximate surface area is 164 Å². The second kappa shape index (κ2) is 7.69. The molecule has 0 unspecified atom stereocenters. The Bertz CT molecular complexity index is 900. The topological polar surface area (TPSA) is 59.5 Å². The number of pyridine rings is 1. The molecular formula is C19H21F3N2O3S. The number of esters is 1. The third kappa shape index (κ3) is 3.99. The van der Waals surface area contributed by atoms with E-state index in [9.17, 15) is 22.8 Å². The molecule has 1 amide bonds. The van der Waals surface area contributed by atoms with E-state index >= 15 is 0 Å². The molecule has 1 aliphatic heterocycles. The zero-order chi connectivity index (χ0) is 20.6.